The van der Waals surface area contributed by atoms with E-state index < -0.39 is 0 Å². The van der Waals surface area contributed by atoms with Crippen LogP contribution in [0.25, 0.3) is 0 Å². The monoisotopic (exact) mass is 294 g/mol. The lowest BCUT2D eigenvalue weighted by atomic mass is 10.1. The Hall–Kier alpha value is -1.18. The zero-order valence-electron chi connectivity index (χ0n) is 11.7. The molecule has 0 spiro atoms. The first kappa shape index (κ1) is 13.8. The van der Waals surface area contributed by atoms with E-state index in [1.807, 2.05) is 11.8 Å². The van der Waals surface area contributed by atoms with Gasteiger partial charge in [-0.1, -0.05) is 0 Å². The Morgan fingerprint density at radius 1 is 1.45 bits per heavy atom. The van der Waals surface area contributed by atoms with E-state index in [9.17, 15) is 4.79 Å². The van der Waals surface area contributed by atoms with Crippen molar-refractivity contribution >= 4 is 17.7 Å². The number of fused-ring (bicyclic) bond motifs is 1. The van der Waals surface area contributed by atoms with E-state index in [0.717, 1.165) is 35.1 Å². The second kappa shape index (κ2) is 5.67. The van der Waals surface area contributed by atoms with E-state index in [0.29, 0.717) is 18.8 Å². The zero-order valence-corrected chi connectivity index (χ0v) is 12.5. The third-order valence-corrected chi connectivity index (χ3v) is 4.80. The summed E-state index contributed by atoms with van der Waals surface area (Å²) >= 11 is 1.90. The predicted octanol–water partition coefficient (Wildman–Crippen LogP) is 0.586. The quantitative estimate of drug-likeness (QED) is 0.801. The summed E-state index contributed by atoms with van der Waals surface area (Å²) in [6, 6.07) is 0.169. The van der Waals surface area contributed by atoms with Crippen LogP contribution in [0, 0.1) is 0 Å². The average molecular weight is 294 g/mol. The fourth-order valence-electron chi connectivity index (χ4n) is 2.56. The minimum absolute atomic E-state index is 0.169. The van der Waals surface area contributed by atoms with Gasteiger partial charge in [0.15, 0.2) is 5.69 Å². The Bertz CT molecular complexity index is 537. The number of thioether (sulfide) groups is 1. The molecule has 2 aliphatic rings. The highest BCUT2D eigenvalue weighted by Crippen LogP contribution is 2.28. The molecule has 1 atom stereocenters. The van der Waals surface area contributed by atoms with Crippen molar-refractivity contribution in [3.05, 3.63) is 22.8 Å². The molecule has 108 valence electrons. The lowest BCUT2D eigenvalue weighted by Crippen LogP contribution is -2.34. The summed E-state index contributed by atoms with van der Waals surface area (Å²) < 4.78 is 4.85. The number of ether oxygens (including phenoxy) is 1. The van der Waals surface area contributed by atoms with Crippen molar-refractivity contribution in [1.82, 2.24) is 20.2 Å². The summed E-state index contributed by atoms with van der Waals surface area (Å²) in [5.74, 6) is 2.45. The lowest BCUT2D eigenvalue weighted by molar-refractivity contribution is 0.0591. The highest BCUT2D eigenvalue weighted by molar-refractivity contribution is 7.99. The number of hydrogen-bond donors (Lipinski definition) is 1. The summed E-state index contributed by atoms with van der Waals surface area (Å²) in [6.45, 7) is 2.34. The molecular weight excluding hydrogens is 276 g/mol. The van der Waals surface area contributed by atoms with Crippen LogP contribution in [0.2, 0.25) is 0 Å². The Morgan fingerprint density at radius 3 is 3.05 bits per heavy atom. The number of methoxy groups -OCH3 is 1. The first-order chi connectivity index (χ1) is 9.70. The third kappa shape index (κ3) is 2.41. The van der Waals surface area contributed by atoms with Gasteiger partial charge in [-0.15, -0.1) is 0 Å². The van der Waals surface area contributed by atoms with E-state index in [4.69, 9.17) is 4.74 Å². The summed E-state index contributed by atoms with van der Waals surface area (Å²) in [4.78, 5) is 23.4. The average Bonchev–Trinajstić information content (AvgIpc) is 2.94. The molecule has 7 heteroatoms. The van der Waals surface area contributed by atoms with E-state index in [1.165, 1.54) is 7.11 Å². The van der Waals surface area contributed by atoms with Crippen molar-refractivity contribution in [3.8, 4) is 0 Å². The van der Waals surface area contributed by atoms with Gasteiger partial charge < -0.3 is 10.1 Å². The summed E-state index contributed by atoms with van der Waals surface area (Å²) in [6.07, 6.45) is 0. The number of hydrogen-bond acceptors (Lipinski definition) is 7. The number of nitrogens with one attached hydrogen (secondary N) is 1. The smallest absolute Gasteiger partial charge is 0.357 e. The molecule has 1 unspecified atom stereocenters. The van der Waals surface area contributed by atoms with Gasteiger partial charge in [0.1, 0.15) is 5.82 Å². The second-order valence-electron chi connectivity index (χ2n) is 5.02. The van der Waals surface area contributed by atoms with E-state index in [-0.39, 0.29) is 12.0 Å². The molecule has 1 aromatic heterocycles. The van der Waals surface area contributed by atoms with Crippen LogP contribution < -0.4 is 5.32 Å². The number of rotatable bonds is 2. The van der Waals surface area contributed by atoms with E-state index in [1.54, 1.807) is 0 Å². The Labute approximate surface area is 122 Å². The van der Waals surface area contributed by atoms with Crippen molar-refractivity contribution < 1.29 is 9.53 Å². The van der Waals surface area contributed by atoms with Gasteiger partial charge in [-0.2, -0.15) is 11.8 Å². The van der Waals surface area contributed by atoms with Gasteiger partial charge in [0.25, 0.3) is 0 Å². The van der Waals surface area contributed by atoms with Crippen molar-refractivity contribution in [2.45, 2.75) is 19.1 Å². The molecule has 1 N–H and O–H groups in total. The Morgan fingerprint density at radius 2 is 2.30 bits per heavy atom. The van der Waals surface area contributed by atoms with Crippen LogP contribution in [0.5, 0.6) is 0 Å². The fraction of sp³-hybridized carbons (Fsp3) is 0.615. The maximum Gasteiger partial charge on any atom is 0.357 e. The lowest BCUT2D eigenvalue weighted by Gasteiger charge is -2.31. The minimum Gasteiger partial charge on any atom is -0.464 e. The SMILES string of the molecule is COC(=O)c1nc(C2CSCCN2C)nc2c1CNC2. The molecule has 0 saturated carbocycles. The molecule has 1 saturated heterocycles. The Balaban J connectivity index is 2.01. The van der Waals surface area contributed by atoms with Crippen LogP contribution in [0.3, 0.4) is 0 Å². The number of aromatic nitrogens is 2. The van der Waals surface area contributed by atoms with Crippen LogP contribution in [0.15, 0.2) is 0 Å². The van der Waals surface area contributed by atoms with E-state index in [2.05, 4.69) is 27.2 Å². The molecule has 20 heavy (non-hydrogen) atoms. The largest absolute Gasteiger partial charge is 0.464 e. The van der Waals surface area contributed by atoms with Crippen LogP contribution in [0.1, 0.15) is 33.6 Å². The molecule has 0 amide bonds. The maximum absolute atomic E-state index is 11.9. The van der Waals surface area contributed by atoms with Crippen LogP contribution in [-0.2, 0) is 17.8 Å². The number of esters is 1. The molecule has 0 aromatic carbocycles. The summed E-state index contributed by atoms with van der Waals surface area (Å²) in [5, 5.41) is 3.22. The van der Waals surface area contributed by atoms with Gasteiger partial charge in [-0.05, 0) is 7.05 Å². The van der Waals surface area contributed by atoms with E-state index >= 15 is 0 Å². The molecule has 0 radical (unpaired) electrons. The molecule has 3 heterocycles. The predicted molar refractivity (Wildman–Crippen MR) is 76.6 cm³/mol. The number of carbonyl (C=O) groups is 1. The van der Waals surface area contributed by atoms with Gasteiger partial charge >= 0.3 is 5.97 Å². The van der Waals surface area contributed by atoms with Crippen molar-refractivity contribution in [3.63, 3.8) is 0 Å². The maximum atomic E-state index is 11.9. The molecule has 0 aliphatic carbocycles. The van der Waals surface area contributed by atoms with Crippen LogP contribution >= 0.6 is 11.8 Å². The first-order valence-electron chi connectivity index (χ1n) is 6.67. The van der Waals surface area contributed by atoms with Gasteiger partial charge in [0.05, 0.1) is 18.8 Å². The van der Waals surface area contributed by atoms with Gasteiger partial charge in [-0.25, -0.2) is 14.8 Å². The molecular formula is C13H18N4O2S. The van der Waals surface area contributed by atoms with Gasteiger partial charge in [0, 0.05) is 36.7 Å². The molecule has 1 fully saturated rings. The summed E-state index contributed by atoms with van der Waals surface area (Å²) in [7, 11) is 3.47. The van der Waals surface area contributed by atoms with Crippen molar-refractivity contribution in [1.29, 1.82) is 0 Å². The standard InChI is InChI=1S/C13H18N4O2S/c1-17-3-4-20-7-10(17)12-15-9-6-14-5-8(9)11(16-12)13(18)19-2/h10,14H,3-7H2,1-2H3. The summed E-state index contributed by atoms with van der Waals surface area (Å²) in [5.41, 5.74) is 2.23. The Kier molecular flexibility index (Phi) is 3.91. The van der Waals surface area contributed by atoms with Crippen LogP contribution in [-0.4, -0.2) is 53.0 Å². The zero-order chi connectivity index (χ0) is 14.1. The highest BCUT2D eigenvalue weighted by atomic mass is 32.2. The minimum atomic E-state index is -0.375. The molecule has 6 nitrogen and oxygen atoms in total. The van der Waals surface area contributed by atoms with Crippen LogP contribution in [0.4, 0.5) is 0 Å². The highest BCUT2D eigenvalue weighted by Gasteiger charge is 2.29. The molecule has 0 bridgehead atoms. The number of carbonyl (C=O) groups excluding carboxylic acids is 1. The van der Waals surface area contributed by atoms with Crippen molar-refractivity contribution in [2.24, 2.45) is 0 Å². The molecule has 3 rings (SSSR count). The molecule has 1 aromatic rings. The number of nitrogens with zero attached hydrogens (tertiary/aromatic N) is 3. The topological polar surface area (TPSA) is 67.3 Å². The van der Waals surface area contributed by atoms with Gasteiger partial charge in [-0.3, -0.25) is 4.90 Å². The first-order valence-corrected chi connectivity index (χ1v) is 7.83. The third-order valence-electron chi connectivity index (χ3n) is 3.78. The van der Waals surface area contributed by atoms with Gasteiger partial charge in [0.2, 0.25) is 0 Å². The second-order valence-corrected chi connectivity index (χ2v) is 6.17. The normalized spacial score (nSPS) is 22.6. The molecule has 2 aliphatic heterocycles. The van der Waals surface area contributed by atoms with Crippen molar-refractivity contribution in [2.75, 3.05) is 32.2 Å². The fourth-order valence-corrected chi connectivity index (χ4v) is 3.77.